The van der Waals surface area contributed by atoms with E-state index in [1.165, 1.54) is 24.3 Å². The van der Waals surface area contributed by atoms with Gasteiger partial charge in [-0.2, -0.15) is 0 Å². The minimum atomic E-state index is -1.66. The number of phenols is 4. The topological polar surface area (TPSA) is 190 Å². The van der Waals surface area contributed by atoms with Gasteiger partial charge in [-0.15, -0.1) is 0 Å². The second-order valence-corrected chi connectivity index (χ2v) is 7.80. The summed E-state index contributed by atoms with van der Waals surface area (Å²) in [6, 6.07) is 6.38. The summed E-state index contributed by atoms with van der Waals surface area (Å²) in [5, 5.41) is 79.4. The molecular formula is C21H24O11. The Morgan fingerprint density at radius 1 is 0.875 bits per heavy atom. The van der Waals surface area contributed by atoms with E-state index in [2.05, 4.69) is 0 Å². The van der Waals surface area contributed by atoms with Gasteiger partial charge in [-0.25, -0.2) is 0 Å². The molecule has 0 bridgehead atoms. The van der Waals surface area contributed by atoms with Gasteiger partial charge in [0.25, 0.3) is 0 Å². The molecule has 32 heavy (non-hydrogen) atoms. The van der Waals surface area contributed by atoms with Gasteiger partial charge in [0.2, 0.25) is 0 Å². The van der Waals surface area contributed by atoms with E-state index in [1.54, 1.807) is 0 Å². The molecular weight excluding hydrogens is 428 g/mol. The summed E-state index contributed by atoms with van der Waals surface area (Å²) in [6.07, 6.45) is -9.41. The highest BCUT2D eigenvalue weighted by Crippen LogP contribution is 2.44. The van der Waals surface area contributed by atoms with E-state index in [0.29, 0.717) is 11.1 Å². The van der Waals surface area contributed by atoms with E-state index in [9.17, 15) is 40.9 Å². The van der Waals surface area contributed by atoms with Crippen molar-refractivity contribution in [3.8, 4) is 28.7 Å². The first-order chi connectivity index (χ1) is 15.2. The first kappa shape index (κ1) is 22.4. The van der Waals surface area contributed by atoms with Crippen LogP contribution in [-0.2, 0) is 15.9 Å². The largest absolute Gasteiger partial charge is 0.508 e. The third kappa shape index (κ3) is 4.01. The summed E-state index contributed by atoms with van der Waals surface area (Å²) in [7, 11) is 0. The maximum absolute atomic E-state index is 10.3. The fraction of sp³-hybridized carbons (Fsp3) is 0.429. The maximum Gasteiger partial charge on any atom is 0.187 e. The molecule has 2 aromatic rings. The molecule has 0 saturated carbocycles. The molecule has 2 aliphatic heterocycles. The van der Waals surface area contributed by atoms with Crippen LogP contribution in [0, 0.1) is 0 Å². The summed E-state index contributed by atoms with van der Waals surface area (Å²) >= 11 is 0. The van der Waals surface area contributed by atoms with Gasteiger partial charge in [-0.1, -0.05) is 6.07 Å². The first-order valence-electron chi connectivity index (χ1n) is 9.89. The molecule has 11 nitrogen and oxygen atoms in total. The third-order valence-corrected chi connectivity index (χ3v) is 5.65. The van der Waals surface area contributed by atoms with Crippen LogP contribution in [0.3, 0.4) is 0 Å². The van der Waals surface area contributed by atoms with Crippen LogP contribution in [0.25, 0.3) is 0 Å². The molecule has 1 unspecified atom stereocenters. The predicted molar refractivity (Wildman–Crippen MR) is 105 cm³/mol. The number of aliphatic hydroxyl groups is 4. The number of aromatic hydroxyl groups is 4. The standard InChI is InChI=1S/C21H24O11/c22-7-16-17(27)18(28)19(29)21(32-16)31-15-6-10-12(25)4-9(23)5-14(10)30-20(15)8-1-2-11(24)13(26)3-8/h1-5,15-29H,6-7H2/t15-,16+,17-,18-,19+,20+,21?/m0/s1. The molecule has 2 aliphatic rings. The summed E-state index contributed by atoms with van der Waals surface area (Å²) in [6.45, 7) is -0.635. The lowest BCUT2D eigenvalue weighted by molar-refractivity contribution is -0.317. The van der Waals surface area contributed by atoms with Gasteiger partial charge in [0.05, 0.1) is 6.61 Å². The van der Waals surface area contributed by atoms with Crippen molar-refractivity contribution in [3.05, 3.63) is 41.5 Å². The van der Waals surface area contributed by atoms with Crippen molar-refractivity contribution in [2.75, 3.05) is 6.61 Å². The smallest absolute Gasteiger partial charge is 0.187 e. The van der Waals surface area contributed by atoms with Gasteiger partial charge in [0.1, 0.15) is 47.8 Å². The Kier molecular flexibility index (Phi) is 6.03. The van der Waals surface area contributed by atoms with E-state index in [4.69, 9.17) is 14.2 Å². The third-order valence-electron chi connectivity index (χ3n) is 5.65. The Balaban J connectivity index is 1.68. The quantitative estimate of drug-likeness (QED) is 0.276. The number of hydrogen-bond donors (Lipinski definition) is 8. The molecule has 174 valence electrons. The Bertz CT molecular complexity index is 978. The van der Waals surface area contributed by atoms with Crippen LogP contribution in [0.2, 0.25) is 0 Å². The summed E-state index contributed by atoms with van der Waals surface area (Å²) in [5.74, 6) is -1.10. The van der Waals surface area contributed by atoms with Crippen LogP contribution in [0.4, 0.5) is 0 Å². The van der Waals surface area contributed by atoms with Crippen LogP contribution >= 0.6 is 0 Å². The fourth-order valence-corrected chi connectivity index (χ4v) is 3.92. The molecule has 0 spiro atoms. The molecule has 0 aliphatic carbocycles. The average Bonchev–Trinajstić information content (AvgIpc) is 2.76. The molecule has 11 heteroatoms. The lowest BCUT2D eigenvalue weighted by Crippen LogP contribution is -2.60. The summed E-state index contributed by atoms with van der Waals surface area (Å²) in [5.41, 5.74) is 0.667. The van der Waals surface area contributed by atoms with Crippen LogP contribution in [0.15, 0.2) is 30.3 Å². The van der Waals surface area contributed by atoms with Crippen molar-refractivity contribution in [2.24, 2.45) is 0 Å². The van der Waals surface area contributed by atoms with Gasteiger partial charge in [-0.05, 0) is 17.7 Å². The first-order valence-corrected chi connectivity index (χ1v) is 9.89. The van der Waals surface area contributed by atoms with Crippen LogP contribution in [0.5, 0.6) is 28.7 Å². The predicted octanol–water partition coefficient (Wildman–Crippen LogP) is -0.630. The Labute approximate surface area is 181 Å². The molecule has 2 aromatic carbocycles. The fourth-order valence-electron chi connectivity index (χ4n) is 3.92. The van der Waals surface area contributed by atoms with Crippen LogP contribution in [0.1, 0.15) is 17.2 Å². The molecule has 1 saturated heterocycles. The minimum Gasteiger partial charge on any atom is -0.508 e. The lowest BCUT2D eigenvalue weighted by atomic mass is 9.93. The van der Waals surface area contributed by atoms with E-state index >= 15 is 0 Å². The van der Waals surface area contributed by atoms with Crippen molar-refractivity contribution >= 4 is 0 Å². The maximum atomic E-state index is 10.3. The highest BCUT2D eigenvalue weighted by Gasteiger charge is 2.46. The van der Waals surface area contributed by atoms with Crippen LogP contribution in [-0.4, -0.2) is 84.3 Å². The zero-order valence-electron chi connectivity index (χ0n) is 16.6. The second kappa shape index (κ2) is 8.62. The number of ether oxygens (including phenoxy) is 3. The van der Waals surface area contributed by atoms with Crippen molar-refractivity contribution in [3.63, 3.8) is 0 Å². The SMILES string of the molecule is OC[C@H]1OC(O[C@H]2Cc3c(O)cc(O)cc3O[C@@H]2c2ccc(O)c(O)c2)[C@H](O)[C@@H](O)[C@H]1O. The van der Waals surface area contributed by atoms with Crippen molar-refractivity contribution < 1.29 is 55.1 Å². The lowest BCUT2D eigenvalue weighted by Gasteiger charge is -2.43. The number of fused-ring (bicyclic) bond motifs is 1. The van der Waals surface area contributed by atoms with E-state index < -0.39 is 55.3 Å². The monoisotopic (exact) mass is 452 g/mol. The Morgan fingerprint density at radius 2 is 1.62 bits per heavy atom. The molecule has 7 atom stereocenters. The van der Waals surface area contributed by atoms with Gasteiger partial charge < -0.3 is 55.1 Å². The van der Waals surface area contributed by atoms with Crippen molar-refractivity contribution in [1.82, 2.24) is 0 Å². The normalized spacial score (nSPS) is 32.2. The number of aliphatic hydroxyl groups excluding tert-OH is 4. The summed E-state index contributed by atoms with van der Waals surface area (Å²) < 4.78 is 17.2. The van der Waals surface area contributed by atoms with E-state index in [0.717, 1.165) is 6.07 Å². The molecule has 2 heterocycles. The zero-order chi connectivity index (χ0) is 23.2. The van der Waals surface area contributed by atoms with E-state index in [1.807, 2.05) is 0 Å². The van der Waals surface area contributed by atoms with Crippen molar-refractivity contribution in [2.45, 2.75) is 49.3 Å². The zero-order valence-corrected chi connectivity index (χ0v) is 16.6. The number of benzene rings is 2. The number of phenolic OH excluding ortho intramolecular Hbond substituents is 4. The van der Waals surface area contributed by atoms with Crippen molar-refractivity contribution in [1.29, 1.82) is 0 Å². The summed E-state index contributed by atoms with van der Waals surface area (Å²) in [4.78, 5) is 0. The highest BCUT2D eigenvalue weighted by atomic mass is 16.7. The Morgan fingerprint density at radius 3 is 2.31 bits per heavy atom. The Hall–Kier alpha value is -2.80. The van der Waals surface area contributed by atoms with Gasteiger partial charge in [0.15, 0.2) is 23.9 Å². The molecule has 0 amide bonds. The van der Waals surface area contributed by atoms with E-state index in [-0.39, 0.29) is 29.4 Å². The molecule has 0 radical (unpaired) electrons. The average molecular weight is 452 g/mol. The molecule has 1 fully saturated rings. The highest BCUT2D eigenvalue weighted by molar-refractivity contribution is 5.52. The number of hydrogen-bond acceptors (Lipinski definition) is 11. The molecule has 8 N–H and O–H groups in total. The van der Waals surface area contributed by atoms with Gasteiger partial charge in [-0.3, -0.25) is 0 Å². The minimum absolute atomic E-state index is 0.0166. The van der Waals surface area contributed by atoms with Gasteiger partial charge >= 0.3 is 0 Å². The second-order valence-electron chi connectivity index (χ2n) is 7.80. The molecule has 4 rings (SSSR count). The van der Waals surface area contributed by atoms with Gasteiger partial charge in [0, 0.05) is 24.1 Å². The van der Waals surface area contributed by atoms with Crippen LogP contribution < -0.4 is 4.74 Å². The number of rotatable bonds is 4. The molecule has 0 aromatic heterocycles.